The van der Waals surface area contributed by atoms with Gasteiger partial charge in [-0.25, -0.2) is 0 Å². The van der Waals surface area contributed by atoms with Crippen molar-refractivity contribution in [2.45, 2.75) is 19.4 Å². The second kappa shape index (κ2) is 9.26. The summed E-state index contributed by atoms with van der Waals surface area (Å²) in [4.78, 5) is 28.5. The minimum absolute atomic E-state index is 0.0167. The molecule has 3 rings (SSSR count). The van der Waals surface area contributed by atoms with E-state index < -0.39 is 6.04 Å². The fourth-order valence-electron chi connectivity index (χ4n) is 3.31. The number of carbonyl (C=O) groups excluding carboxylic acids is 2. The largest absolute Gasteiger partial charge is 0.497 e. The Kier molecular flexibility index (Phi) is 6.53. The van der Waals surface area contributed by atoms with Crippen LogP contribution in [0.4, 0.5) is 0 Å². The van der Waals surface area contributed by atoms with E-state index in [1.54, 1.807) is 29.9 Å². The molecule has 0 aromatic heterocycles. The Morgan fingerprint density at radius 1 is 1.00 bits per heavy atom. The smallest absolute Gasteiger partial charge is 0.245 e. The number of ether oxygens (including phenoxy) is 2. The van der Waals surface area contributed by atoms with E-state index in [9.17, 15) is 9.59 Å². The van der Waals surface area contributed by atoms with Gasteiger partial charge in [-0.05, 0) is 31.0 Å². The first kappa shape index (κ1) is 19.7. The summed E-state index contributed by atoms with van der Waals surface area (Å²) in [6.07, 6.45) is 0.742. The summed E-state index contributed by atoms with van der Waals surface area (Å²) < 4.78 is 10.9. The molecule has 6 heteroatoms. The van der Waals surface area contributed by atoms with Crippen LogP contribution >= 0.6 is 0 Å². The van der Waals surface area contributed by atoms with Crippen LogP contribution < -0.4 is 9.47 Å². The summed E-state index contributed by atoms with van der Waals surface area (Å²) in [7, 11) is 1.60. The zero-order valence-corrected chi connectivity index (χ0v) is 16.3. The van der Waals surface area contributed by atoms with Crippen molar-refractivity contribution in [1.29, 1.82) is 0 Å². The predicted molar refractivity (Wildman–Crippen MR) is 106 cm³/mol. The minimum Gasteiger partial charge on any atom is -0.497 e. The topological polar surface area (TPSA) is 59.1 Å². The SMILES string of the molecule is COc1cccc(OCCN2C(=O)CN(CCc3ccccc3)C(=O)[C@@H]2C)c1. The van der Waals surface area contributed by atoms with Gasteiger partial charge in [-0.2, -0.15) is 0 Å². The van der Waals surface area contributed by atoms with Gasteiger partial charge in [-0.3, -0.25) is 9.59 Å². The molecule has 0 saturated carbocycles. The first-order valence-corrected chi connectivity index (χ1v) is 9.47. The van der Waals surface area contributed by atoms with Crippen LogP contribution in [-0.2, 0) is 16.0 Å². The highest BCUT2D eigenvalue weighted by molar-refractivity contribution is 5.94. The van der Waals surface area contributed by atoms with E-state index in [1.807, 2.05) is 48.5 Å². The Balaban J connectivity index is 1.51. The summed E-state index contributed by atoms with van der Waals surface area (Å²) in [5.74, 6) is 1.32. The first-order valence-electron chi connectivity index (χ1n) is 9.47. The lowest BCUT2D eigenvalue weighted by Crippen LogP contribution is -2.59. The van der Waals surface area contributed by atoms with E-state index in [4.69, 9.17) is 9.47 Å². The van der Waals surface area contributed by atoms with Crippen LogP contribution in [0.2, 0.25) is 0 Å². The van der Waals surface area contributed by atoms with Gasteiger partial charge in [0.1, 0.15) is 24.1 Å². The predicted octanol–water partition coefficient (Wildman–Crippen LogP) is 2.38. The van der Waals surface area contributed by atoms with Crippen molar-refractivity contribution in [3.05, 3.63) is 60.2 Å². The molecule has 1 heterocycles. The highest BCUT2D eigenvalue weighted by atomic mass is 16.5. The Labute approximate surface area is 165 Å². The van der Waals surface area contributed by atoms with Gasteiger partial charge in [0.25, 0.3) is 0 Å². The molecular weight excluding hydrogens is 356 g/mol. The molecule has 1 atom stereocenters. The lowest BCUT2D eigenvalue weighted by molar-refractivity contribution is -0.155. The molecule has 148 valence electrons. The Hall–Kier alpha value is -3.02. The number of nitrogens with zero attached hydrogens (tertiary/aromatic N) is 2. The molecule has 1 saturated heterocycles. The van der Waals surface area contributed by atoms with Crippen molar-refractivity contribution >= 4 is 11.8 Å². The van der Waals surface area contributed by atoms with Gasteiger partial charge in [0.05, 0.1) is 20.2 Å². The van der Waals surface area contributed by atoms with Gasteiger partial charge < -0.3 is 19.3 Å². The van der Waals surface area contributed by atoms with Crippen molar-refractivity contribution < 1.29 is 19.1 Å². The molecular formula is C22H26N2O4. The van der Waals surface area contributed by atoms with Crippen LogP contribution in [0.25, 0.3) is 0 Å². The summed E-state index contributed by atoms with van der Waals surface area (Å²) >= 11 is 0. The van der Waals surface area contributed by atoms with Crippen LogP contribution in [0.15, 0.2) is 54.6 Å². The van der Waals surface area contributed by atoms with Gasteiger partial charge in [0, 0.05) is 12.6 Å². The Morgan fingerprint density at radius 2 is 1.75 bits per heavy atom. The summed E-state index contributed by atoms with van der Waals surface area (Å²) in [6, 6.07) is 16.8. The first-order chi connectivity index (χ1) is 13.6. The van der Waals surface area contributed by atoms with Crippen LogP contribution in [0.1, 0.15) is 12.5 Å². The fourth-order valence-corrected chi connectivity index (χ4v) is 3.31. The minimum atomic E-state index is -0.481. The molecule has 1 aliphatic heterocycles. The molecule has 2 aromatic carbocycles. The zero-order valence-electron chi connectivity index (χ0n) is 16.3. The summed E-state index contributed by atoms with van der Waals surface area (Å²) in [6.45, 7) is 3.14. The van der Waals surface area contributed by atoms with Crippen molar-refractivity contribution in [2.24, 2.45) is 0 Å². The maximum absolute atomic E-state index is 12.7. The number of methoxy groups -OCH3 is 1. The molecule has 28 heavy (non-hydrogen) atoms. The van der Waals surface area contributed by atoms with E-state index in [0.29, 0.717) is 31.2 Å². The van der Waals surface area contributed by atoms with E-state index >= 15 is 0 Å². The summed E-state index contributed by atoms with van der Waals surface area (Å²) in [5, 5.41) is 0. The number of hydrogen-bond donors (Lipinski definition) is 0. The quantitative estimate of drug-likeness (QED) is 0.703. The molecule has 0 spiro atoms. The van der Waals surface area contributed by atoms with Crippen molar-refractivity contribution in [1.82, 2.24) is 9.80 Å². The molecule has 0 radical (unpaired) electrons. The lowest BCUT2D eigenvalue weighted by Gasteiger charge is -2.38. The van der Waals surface area contributed by atoms with Crippen molar-refractivity contribution in [2.75, 3.05) is 33.4 Å². The number of piperazine rings is 1. The van der Waals surface area contributed by atoms with Gasteiger partial charge in [0.15, 0.2) is 0 Å². The maximum Gasteiger partial charge on any atom is 0.245 e. The summed E-state index contributed by atoms with van der Waals surface area (Å²) in [5.41, 5.74) is 1.16. The van der Waals surface area contributed by atoms with E-state index in [1.165, 1.54) is 0 Å². The third kappa shape index (κ3) is 4.82. The monoisotopic (exact) mass is 382 g/mol. The fraction of sp³-hybridized carbons (Fsp3) is 0.364. The number of hydrogen-bond acceptors (Lipinski definition) is 4. The van der Waals surface area contributed by atoms with Crippen molar-refractivity contribution in [3.8, 4) is 11.5 Å². The van der Waals surface area contributed by atoms with Gasteiger partial charge in [0.2, 0.25) is 11.8 Å². The average molecular weight is 382 g/mol. The molecule has 0 aliphatic carbocycles. The molecule has 2 aromatic rings. The molecule has 2 amide bonds. The second-order valence-corrected chi connectivity index (χ2v) is 6.79. The molecule has 1 fully saturated rings. The van der Waals surface area contributed by atoms with E-state index in [2.05, 4.69) is 0 Å². The number of carbonyl (C=O) groups is 2. The average Bonchev–Trinajstić information content (AvgIpc) is 2.73. The van der Waals surface area contributed by atoms with Gasteiger partial charge in [-0.15, -0.1) is 0 Å². The molecule has 0 unspecified atom stereocenters. The molecule has 0 bridgehead atoms. The van der Waals surface area contributed by atoms with Crippen LogP contribution in [-0.4, -0.2) is 61.0 Å². The Bertz CT molecular complexity index is 809. The van der Waals surface area contributed by atoms with Gasteiger partial charge >= 0.3 is 0 Å². The van der Waals surface area contributed by atoms with E-state index in [0.717, 1.165) is 12.0 Å². The zero-order chi connectivity index (χ0) is 19.9. The highest BCUT2D eigenvalue weighted by Crippen LogP contribution is 2.19. The van der Waals surface area contributed by atoms with Crippen LogP contribution in [0.3, 0.4) is 0 Å². The number of rotatable bonds is 8. The lowest BCUT2D eigenvalue weighted by atomic mass is 10.1. The maximum atomic E-state index is 12.7. The van der Waals surface area contributed by atoms with Crippen molar-refractivity contribution in [3.63, 3.8) is 0 Å². The second-order valence-electron chi connectivity index (χ2n) is 6.79. The molecule has 0 N–H and O–H groups in total. The van der Waals surface area contributed by atoms with E-state index in [-0.39, 0.29) is 18.4 Å². The van der Waals surface area contributed by atoms with Crippen LogP contribution in [0, 0.1) is 0 Å². The molecule has 6 nitrogen and oxygen atoms in total. The standard InChI is InChI=1S/C22H26N2O4/c1-17-22(26)23(12-11-18-7-4-3-5-8-18)16-21(25)24(17)13-14-28-20-10-6-9-19(15-20)27-2/h3-10,15,17H,11-14,16H2,1-2H3/t17-/m0/s1. The Morgan fingerprint density at radius 3 is 2.50 bits per heavy atom. The number of benzene rings is 2. The van der Waals surface area contributed by atoms with Crippen LogP contribution in [0.5, 0.6) is 11.5 Å². The van der Waals surface area contributed by atoms with Gasteiger partial charge in [-0.1, -0.05) is 36.4 Å². The third-order valence-corrected chi connectivity index (χ3v) is 4.94. The normalized spacial score (nSPS) is 17.0. The third-order valence-electron chi connectivity index (χ3n) is 4.94. The number of amides is 2. The molecule has 1 aliphatic rings. The highest BCUT2D eigenvalue weighted by Gasteiger charge is 2.35.